The van der Waals surface area contributed by atoms with Gasteiger partial charge in [-0.25, -0.2) is 0 Å². The topological polar surface area (TPSA) is 34.1 Å². The van der Waals surface area contributed by atoms with E-state index >= 15 is 0 Å². The third-order valence-electron chi connectivity index (χ3n) is 0. The van der Waals surface area contributed by atoms with Crippen LogP contribution >= 0.6 is 0 Å². The molecule has 0 aromatic carbocycles. The predicted octanol–water partition coefficient (Wildman–Crippen LogP) is -0.621. The van der Waals surface area contributed by atoms with Crippen LogP contribution < -0.4 is 0 Å². The van der Waals surface area contributed by atoms with Crippen molar-refractivity contribution >= 4 is 9.29 Å². The maximum atomic E-state index is 8.40. The van der Waals surface area contributed by atoms with Gasteiger partial charge in [0.25, 0.3) is 0 Å². The minimum absolute atomic E-state index is 0. The molecule has 4 heavy (non-hydrogen) atoms. The number of rotatable bonds is 0. The summed E-state index contributed by atoms with van der Waals surface area (Å²) >= 11 is 0. The summed E-state index contributed by atoms with van der Waals surface area (Å²) in [6.45, 7) is 0. The summed E-state index contributed by atoms with van der Waals surface area (Å²) in [7, 11) is -1.42. The van der Waals surface area contributed by atoms with Gasteiger partial charge in [-0.3, -0.25) is 8.92 Å². The first-order valence-electron chi connectivity index (χ1n) is 0.408. The molecule has 0 N–H and O–H groups in total. The molecule has 0 aliphatic carbocycles. The maximum Gasteiger partial charge on any atom is 0.549 e. The molecule has 0 rings (SSSR count). The Labute approximate surface area is 38.3 Å². The van der Waals surface area contributed by atoms with E-state index in [2.05, 4.69) is 0 Å². The molecule has 0 bridgehead atoms. The first-order chi connectivity index (χ1) is 1.41. The summed E-state index contributed by atoms with van der Waals surface area (Å²) in [6, 6.07) is 0. The van der Waals surface area contributed by atoms with Gasteiger partial charge in [-0.2, -0.15) is 0 Å². The van der Waals surface area contributed by atoms with Crippen LogP contribution in [0.3, 0.4) is 0 Å². The van der Waals surface area contributed by atoms with Gasteiger partial charge in [-0.1, -0.05) is 0 Å². The molecule has 0 aromatic rings. The molecule has 25 valence electrons. The molecule has 4 heteroatoms. The Morgan fingerprint density at radius 3 is 1.25 bits per heavy atom. The van der Waals surface area contributed by atoms with Crippen molar-refractivity contribution in [1.29, 1.82) is 0 Å². The normalized spacial score (nSPS) is 2.00. The molecule has 0 atom stereocenters. The Hall–Kier alpha value is 0.440. The van der Waals surface area contributed by atoms with Crippen LogP contribution in [0.15, 0.2) is 0 Å². The van der Waals surface area contributed by atoms with E-state index in [0.717, 1.165) is 0 Å². The van der Waals surface area contributed by atoms with E-state index in [9.17, 15) is 0 Å². The second-order valence-electron chi connectivity index (χ2n) is 0.0833. The summed E-state index contributed by atoms with van der Waals surface area (Å²) in [5.74, 6) is 0. The zero-order valence-electron chi connectivity index (χ0n) is 1.65. The van der Waals surface area contributed by atoms with Crippen molar-refractivity contribution in [2.24, 2.45) is 0 Å². The molecule has 0 aromatic heterocycles. The van der Waals surface area contributed by atoms with Gasteiger partial charge in [0.15, 0.2) is 0 Å². The summed E-state index contributed by atoms with van der Waals surface area (Å²) < 4.78 is 16.8. The average molecular weight is 163 g/mol. The monoisotopic (exact) mass is 163 g/mol. The molecule has 0 heterocycles. The Kier molecular flexibility index (Phi) is 21.8. The molecular weight excluding hydrogens is 163 g/mol. The second-order valence-corrected chi connectivity index (χ2v) is 0.250. The minimum atomic E-state index is -1.42. The van der Waals surface area contributed by atoms with Crippen LogP contribution in [-0.2, 0) is 28.4 Å². The van der Waals surface area contributed by atoms with Gasteiger partial charge >= 0.3 is 9.29 Å². The number of hydrogen-bond acceptors (Lipinski definition) is 2. The van der Waals surface area contributed by atoms with Crippen molar-refractivity contribution in [1.82, 2.24) is 0 Å². The SMILES string of the molecule is O=[Si]=O.[Rh]. The summed E-state index contributed by atoms with van der Waals surface area (Å²) in [5, 5.41) is 0. The Morgan fingerprint density at radius 2 is 1.25 bits per heavy atom. The van der Waals surface area contributed by atoms with Crippen molar-refractivity contribution in [2.45, 2.75) is 0 Å². The molecular formula is O2RhSi. The molecule has 0 amide bonds. The first kappa shape index (κ1) is 8.83. The van der Waals surface area contributed by atoms with Gasteiger partial charge in [0.1, 0.15) is 0 Å². The van der Waals surface area contributed by atoms with Gasteiger partial charge in [0, 0.05) is 19.5 Å². The average Bonchev–Trinajstić information content (AvgIpc) is 0.918. The van der Waals surface area contributed by atoms with Gasteiger partial charge < -0.3 is 0 Å². The molecule has 0 aliphatic heterocycles. The van der Waals surface area contributed by atoms with E-state index in [4.69, 9.17) is 8.92 Å². The van der Waals surface area contributed by atoms with Crippen LogP contribution in [0.2, 0.25) is 0 Å². The van der Waals surface area contributed by atoms with Crippen molar-refractivity contribution in [3.05, 3.63) is 0 Å². The van der Waals surface area contributed by atoms with E-state index in [1.807, 2.05) is 0 Å². The molecule has 0 fully saturated rings. The van der Waals surface area contributed by atoms with Crippen LogP contribution in [0.5, 0.6) is 0 Å². The molecule has 0 saturated heterocycles. The molecule has 0 unspecified atom stereocenters. The molecule has 1 radical (unpaired) electrons. The van der Waals surface area contributed by atoms with Gasteiger partial charge in [0.05, 0.1) is 0 Å². The Bertz CT molecular complexity index is 27.0. The van der Waals surface area contributed by atoms with Gasteiger partial charge in [-0.05, 0) is 0 Å². The third kappa shape index (κ3) is 26.1. The first-order valence-corrected chi connectivity index (χ1v) is 1.22. The molecule has 0 aliphatic rings. The molecule has 2 nitrogen and oxygen atoms in total. The second kappa shape index (κ2) is 9.88. The summed E-state index contributed by atoms with van der Waals surface area (Å²) in [5.41, 5.74) is 0. The fraction of sp³-hybridized carbons (Fsp3) is 0. The van der Waals surface area contributed by atoms with Crippen molar-refractivity contribution in [2.75, 3.05) is 0 Å². The summed E-state index contributed by atoms with van der Waals surface area (Å²) in [6.07, 6.45) is 0. The van der Waals surface area contributed by atoms with Crippen LogP contribution in [0, 0.1) is 0 Å². The van der Waals surface area contributed by atoms with Crippen LogP contribution in [0.1, 0.15) is 0 Å². The zero-order valence-corrected chi connectivity index (χ0v) is 4.29. The van der Waals surface area contributed by atoms with Crippen LogP contribution in [0.25, 0.3) is 0 Å². The molecule has 0 spiro atoms. The quantitative estimate of drug-likeness (QED) is 0.446. The van der Waals surface area contributed by atoms with Crippen molar-refractivity contribution < 1.29 is 28.4 Å². The molecule has 0 saturated carbocycles. The van der Waals surface area contributed by atoms with E-state index in [-0.39, 0.29) is 19.5 Å². The fourth-order valence-electron chi connectivity index (χ4n) is 0. The van der Waals surface area contributed by atoms with Crippen LogP contribution in [0.4, 0.5) is 0 Å². The maximum absolute atomic E-state index is 8.40. The van der Waals surface area contributed by atoms with Gasteiger partial charge in [0.2, 0.25) is 0 Å². The van der Waals surface area contributed by atoms with Crippen molar-refractivity contribution in [3.8, 4) is 0 Å². The van der Waals surface area contributed by atoms with Gasteiger partial charge in [-0.15, -0.1) is 0 Å². The van der Waals surface area contributed by atoms with Crippen molar-refractivity contribution in [3.63, 3.8) is 0 Å². The number of hydrogen-bond donors (Lipinski definition) is 0. The largest absolute Gasteiger partial charge is 0.549 e. The van der Waals surface area contributed by atoms with E-state index in [1.54, 1.807) is 0 Å². The smallest absolute Gasteiger partial charge is 0.274 e. The minimum Gasteiger partial charge on any atom is -0.274 e. The van der Waals surface area contributed by atoms with Crippen LogP contribution in [-0.4, -0.2) is 9.29 Å². The van der Waals surface area contributed by atoms with E-state index < -0.39 is 9.29 Å². The Morgan fingerprint density at radius 1 is 1.25 bits per heavy atom. The third-order valence-corrected chi connectivity index (χ3v) is 0. The Balaban J connectivity index is 0. The van der Waals surface area contributed by atoms with E-state index in [1.165, 1.54) is 0 Å². The fourth-order valence-corrected chi connectivity index (χ4v) is 0. The predicted molar refractivity (Wildman–Crippen MR) is 7.13 cm³/mol. The standard InChI is InChI=1S/O2Si.Rh/c1-3-2;. The zero-order chi connectivity index (χ0) is 2.71. The summed E-state index contributed by atoms with van der Waals surface area (Å²) in [4.78, 5) is 0. The van der Waals surface area contributed by atoms with E-state index in [0.29, 0.717) is 0 Å².